The normalized spacial score (nSPS) is 21.4. The second-order valence-electron chi connectivity index (χ2n) is 4.24. The van der Waals surface area contributed by atoms with Crippen LogP contribution in [0.15, 0.2) is 24.3 Å². The highest BCUT2D eigenvalue weighted by molar-refractivity contribution is 5.76. The summed E-state index contributed by atoms with van der Waals surface area (Å²) >= 11 is 0. The lowest BCUT2D eigenvalue weighted by Crippen LogP contribution is -2.15. The maximum Gasteiger partial charge on any atom is 0.316 e. The Hall–Kier alpha value is -1.98. The maximum atomic E-state index is 12.6. The van der Waals surface area contributed by atoms with Crippen LogP contribution in [-0.2, 0) is 16.0 Å². The topological polar surface area (TPSA) is 69.4 Å². The maximum absolute atomic E-state index is 12.6. The molecule has 18 heavy (non-hydrogen) atoms. The van der Waals surface area contributed by atoms with Crippen molar-refractivity contribution in [2.45, 2.75) is 18.9 Å². The van der Waals surface area contributed by atoms with E-state index in [9.17, 15) is 19.3 Å². The van der Waals surface area contributed by atoms with Crippen LogP contribution in [0.2, 0.25) is 0 Å². The first-order valence-electron chi connectivity index (χ1n) is 5.62. The zero-order valence-corrected chi connectivity index (χ0v) is 9.54. The van der Waals surface area contributed by atoms with Crippen LogP contribution in [0.4, 0.5) is 4.39 Å². The lowest BCUT2D eigenvalue weighted by atomic mass is 10.2. The summed E-state index contributed by atoms with van der Waals surface area (Å²) in [4.78, 5) is 21.3. The number of benzene rings is 1. The first-order chi connectivity index (χ1) is 8.58. The standard InChI is InChI=1S/C12H12FNO4/c13-9-3-1-8(2-4-9)5-6-18-12(15)10-7-11(10)14(16)17/h1-4,10-11H,5-7H2/t10-,11-/m0/s1. The van der Waals surface area contributed by atoms with Crippen molar-refractivity contribution in [2.75, 3.05) is 6.61 Å². The monoisotopic (exact) mass is 253 g/mol. The third-order valence-corrected chi connectivity index (χ3v) is 2.88. The summed E-state index contributed by atoms with van der Waals surface area (Å²) in [6.07, 6.45) is 0.740. The molecule has 5 nitrogen and oxygen atoms in total. The van der Waals surface area contributed by atoms with Crippen molar-refractivity contribution in [1.29, 1.82) is 0 Å². The van der Waals surface area contributed by atoms with Crippen LogP contribution in [0.3, 0.4) is 0 Å². The molecule has 0 aromatic heterocycles. The number of hydrogen-bond donors (Lipinski definition) is 0. The molecule has 1 saturated carbocycles. The Bertz CT molecular complexity index is 460. The van der Waals surface area contributed by atoms with Crippen LogP contribution in [0.25, 0.3) is 0 Å². The van der Waals surface area contributed by atoms with E-state index in [-0.39, 0.29) is 18.8 Å². The smallest absolute Gasteiger partial charge is 0.316 e. The molecule has 1 fully saturated rings. The Morgan fingerprint density at radius 3 is 2.67 bits per heavy atom. The number of nitro groups is 1. The molecule has 2 rings (SSSR count). The van der Waals surface area contributed by atoms with Crippen LogP contribution in [0.1, 0.15) is 12.0 Å². The number of rotatable bonds is 5. The number of halogens is 1. The Morgan fingerprint density at radius 1 is 1.44 bits per heavy atom. The van der Waals surface area contributed by atoms with Gasteiger partial charge < -0.3 is 4.74 Å². The molecule has 0 saturated heterocycles. The fourth-order valence-corrected chi connectivity index (χ4v) is 1.70. The molecule has 0 amide bonds. The molecule has 0 radical (unpaired) electrons. The van der Waals surface area contributed by atoms with E-state index in [1.807, 2.05) is 0 Å². The first-order valence-corrected chi connectivity index (χ1v) is 5.62. The van der Waals surface area contributed by atoms with Gasteiger partial charge in [-0.15, -0.1) is 0 Å². The molecular weight excluding hydrogens is 241 g/mol. The molecule has 0 N–H and O–H groups in total. The van der Waals surface area contributed by atoms with Gasteiger partial charge in [-0.05, 0) is 17.7 Å². The van der Waals surface area contributed by atoms with Crippen molar-refractivity contribution in [2.24, 2.45) is 5.92 Å². The summed E-state index contributed by atoms with van der Waals surface area (Å²) in [5.41, 5.74) is 0.853. The lowest BCUT2D eigenvalue weighted by Gasteiger charge is -2.03. The molecule has 0 spiro atoms. The minimum absolute atomic E-state index is 0.158. The lowest BCUT2D eigenvalue weighted by molar-refractivity contribution is -0.497. The zero-order valence-electron chi connectivity index (χ0n) is 9.54. The van der Waals surface area contributed by atoms with Gasteiger partial charge in [0, 0.05) is 17.8 Å². The van der Waals surface area contributed by atoms with Gasteiger partial charge >= 0.3 is 5.97 Å². The highest BCUT2D eigenvalue weighted by Gasteiger charge is 2.54. The van der Waals surface area contributed by atoms with Crippen LogP contribution in [-0.4, -0.2) is 23.5 Å². The molecule has 2 atom stereocenters. The Balaban J connectivity index is 1.71. The molecule has 1 aliphatic rings. The van der Waals surface area contributed by atoms with Crippen molar-refractivity contribution in [3.63, 3.8) is 0 Å². The van der Waals surface area contributed by atoms with Gasteiger partial charge in [0.25, 0.3) is 0 Å². The fourth-order valence-electron chi connectivity index (χ4n) is 1.70. The number of carbonyl (C=O) groups excluding carboxylic acids is 1. The van der Waals surface area contributed by atoms with Gasteiger partial charge in [0.15, 0.2) is 0 Å². The van der Waals surface area contributed by atoms with E-state index < -0.39 is 22.9 Å². The molecule has 96 valence electrons. The molecular formula is C12H12FNO4. The van der Waals surface area contributed by atoms with Gasteiger partial charge in [0.1, 0.15) is 11.7 Å². The van der Waals surface area contributed by atoms with Crippen molar-refractivity contribution >= 4 is 5.97 Å². The van der Waals surface area contributed by atoms with E-state index in [1.54, 1.807) is 12.1 Å². The van der Waals surface area contributed by atoms with Crippen LogP contribution < -0.4 is 0 Å². The minimum Gasteiger partial charge on any atom is -0.465 e. The van der Waals surface area contributed by atoms with Gasteiger partial charge in [-0.2, -0.15) is 0 Å². The van der Waals surface area contributed by atoms with Crippen molar-refractivity contribution in [1.82, 2.24) is 0 Å². The van der Waals surface area contributed by atoms with E-state index in [1.165, 1.54) is 12.1 Å². The third-order valence-electron chi connectivity index (χ3n) is 2.88. The van der Waals surface area contributed by atoms with Crippen molar-refractivity contribution in [3.05, 3.63) is 45.8 Å². The predicted molar refractivity (Wildman–Crippen MR) is 60.0 cm³/mol. The Labute approximate surface area is 103 Å². The largest absolute Gasteiger partial charge is 0.465 e. The molecule has 0 aliphatic heterocycles. The quantitative estimate of drug-likeness (QED) is 0.454. The summed E-state index contributed by atoms with van der Waals surface area (Å²) in [6.45, 7) is 0.158. The zero-order chi connectivity index (χ0) is 13.1. The first kappa shape index (κ1) is 12.5. The van der Waals surface area contributed by atoms with E-state index >= 15 is 0 Å². The second-order valence-corrected chi connectivity index (χ2v) is 4.24. The molecule has 1 aromatic rings. The van der Waals surface area contributed by atoms with E-state index in [2.05, 4.69) is 0 Å². The highest BCUT2D eigenvalue weighted by atomic mass is 19.1. The molecule has 0 unspecified atom stereocenters. The van der Waals surface area contributed by atoms with Gasteiger partial charge in [0.2, 0.25) is 6.04 Å². The Morgan fingerprint density at radius 2 is 2.11 bits per heavy atom. The third kappa shape index (κ3) is 3.03. The summed E-state index contributed by atoms with van der Waals surface area (Å²) in [6, 6.07) is 5.12. The van der Waals surface area contributed by atoms with E-state index in [0.717, 1.165) is 5.56 Å². The van der Waals surface area contributed by atoms with Crippen LogP contribution in [0, 0.1) is 21.8 Å². The number of carbonyl (C=O) groups is 1. The number of hydrogen-bond acceptors (Lipinski definition) is 4. The number of ether oxygens (including phenoxy) is 1. The summed E-state index contributed by atoms with van der Waals surface area (Å²) in [5, 5.41) is 10.4. The second kappa shape index (κ2) is 5.12. The Kier molecular flexibility index (Phi) is 3.55. The summed E-state index contributed by atoms with van der Waals surface area (Å²) < 4.78 is 17.6. The van der Waals surface area contributed by atoms with E-state index in [4.69, 9.17) is 4.74 Å². The van der Waals surface area contributed by atoms with Crippen LogP contribution in [0.5, 0.6) is 0 Å². The average molecular weight is 253 g/mol. The average Bonchev–Trinajstić information content (AvgIpc) is 3.11. The fraction of sp³-hybridized carbons (Fsp3) is 0.417. The molecule has 0 heterocycles. The van der Waals surface area contributed by atoms with Gasteiger partial charge in [-0.3, -0.25) is 14.9 Å². The van der Waals surface area contributed by atoms with Gasteiger partial charge in [-0.25, -0.2) is 4.39 Å². The molecule has 0 bridgehead atoms. The van der Waals surface area contributed by atoms with Crippen molar-refractivity contribution in [3.8, 4) is 0 Å². The molecule has 1 aliphatic carbocycles. The number of esters is 1. The summed E-state index contributed by atoms with van der Waals surface area (Å²) in [7, 11) is 0. The summed E-state index contributed by atoms with van der Waals surface area (Å²) in [5.74, 6) is -1.42. The molecule has 1 aromatic carbocycles. The predicted octanol–water partition coefficient (Wildman–Crippen LogP) is 1.58. The van der Waals surface area contributed by atoms with Crippen molar-refractivity contribution < 1.29 is 18.8 Å². The molecule has 6 heteroatoms. The van der Waals surface area contributed by atoms with Gasteiger partial charge in [-0.1, -0.05) is 12.1 Å². The highest BCUT2D eigenvalue weighted by Crippen LogP contribution is 2.34. The van der Waals surface area contributed by atoms with E-state index in [0.29, 0.717) is 6.42 Å². The van der Waals surface area contributed by atoms with Gasteiger partial charge in [0.05, 0.1) is 6.61 Å². The minimum atomic E-state index is -0.775. The number of nitrogens with zero attached hydrogens (tertiary/aromatic N) is 1. The SMILES string of the molecule is O=C(OCCc1ccc(F)cc1)[C@H]1C[C@@H]1[N+](=O)[O-]. The van der Waals surface area contributed by atoms with Crippen LogP contribution >= 0.6 is 0 Å².